The van der Waals surface area contributed by atoms with Gasteiger partial charge in [-0.25, -0.2) is 9.59 Å². The van der Waals surface area contributed by atoms with Crippen molar-refractivity contribution in [2.24, 2.45) is 11.8 Å². The van der Waals surface area contributed by atoms with Gasteiger partial charge in [0.15, 0.2) is 0 Å². The van der Waals surface area contributed by atoms with E-state index in [4.69, 9.17) is 4.74 Å². The van der Waals surface area contributed by atoms with Gasteiger partial charge >= 0.3 is 12.1 Å². The Morgan fingerprint density at radius 1 is 1.03 bits per heavy atom. The number of carbonyl (C=O) groups is 3. The van der Waals surface area contributed by atoms with Gasteiger partial charge in [0, 0.05) is 18.4 Å². The fraction of sp³-hybridized carbons (Fsp3) is 0.423. The lowest BCUT2D eigenvalue weighted by Gasteiger charge is -2.22. The van der Waals surface area contributed by atoms with Crippen molar-refractivity contribution in [1.82, 2.24) is 10.6 Å². The van der Waals surface area contributed by atoms with Gasteiger partial charge in [0.1, 0.15) is 12.6 Å². The number of hydrogen-bond donors (Lipinski definition) is 3. The summed E-state index contributed by atoms with van der Waals surface area (Å²) in [6.45, 7) is 2.30. The molecule has 2 aliphatic rings. The highest BCUT2D eigenvalue weighted by Gasteiger charge is 2.35. The molecule has 2 amide bonds. The molecule has 1 fully saturated rings. The number of carboxylic acid groups (broad SMARTS) is 1. The molecular weight excluding hydrogens is 420 g/mol. The Labute approximate surface area is 193 Å². The minimum atomic E-state index is -1.03. The van der Waals surface area contributed by atoms with E-state index >= 15 is 0 Å². The van der Waals surface area contributed by atoms with Crippen LogP contribution in [0.5, 0.6) is 0 Å². The van der Waals surface area contributed by atoms with E-state index in [1.165, 1.54) is 11.1 Å². The highest BCUT2D eigenvalue weighted by atomic mass is 16.5. The first-order valence-electron chi connectivity index (χ1n) is 11.6. The zero-order valence-corrected chi connectivity index (χ0v) is 18.8. The van der Waals surface area contributed by atoms with E-state index in [0.29, 0.717) is 19.4 Å². The average molecular weight is 451 g/mol. The molecule has 2 aromatic rings. The fourth-order valence-corrected chi connectivity index (χ4v) is 5.11. The number of carboxylic acids is 1. The zero-order valence-electron chi connectivity index (χ0n) is 18.8. The molecule has 7 nitrogen and oxygen atoms in total. The predicted molar refractivity (Wildman–Crippen MR) is 124 cm³/mol. The van der Waals surface area contributed by atoms with Crippen LogP contribution in [0.2, 0.25) is 0 Å². The normalized spacial score (nSPS) is 19.9. The van der Waals surface area contributed by atoms with Gasteiger partial charge in [0.2, 0.25) is 5.91 Å². The van der Waals surface area contributed by atoms with Crippen molar-refractivity contribution in [2.75, 3.05) is 13.2 Å². The molecule has 1 saturated carbocycles. The Kier molecular flexibility index (Phi) is 6.96. The smallest absolute Gasteiger partial charge is 0.407 e. The van der Waals surface area contributed by atoms with Crippen LogP contribution >= 0.6 is 0 Å². The van der Waals surface area contributed by atoms with Crippen molar-refractivity contribution in [3.63, 3.8) is 0 Å². The van der Waals surface area contributed by atoms with Crippen LogP contribution in [-0.4, -0.2) is 42.3 Å². The second-order valence-electron chi connectivity index (χ2n) is 8.81. The Bertz CT molecular complexity index is 991. The fourth-order valence-electron chi connectivity index (χ4n) is 5.11. The molecule has 174 valence electrons. The van der Waals surface area contributed by atoms with Crippen LogP contribution in [0.15, 0.2) is 48.5 Å². The van der Waals surface area contributed by atoms with Crippen LogP contribution in [0.4, 0.5) is 4.79 Å². The van der Waals surface area contributed by atoms with Crippen LogP contribution in [0.25, 0.3) is 11.1 Å². The van der Waals surface area contributed by atoms with Crippen LogP contribution in [-0.2, 0) is 14.3 Å². The molecule has 0 aromatic heterocycles. The number of aliphatic carboxylic acids is 1. The number of carbonyl (C=O) groups excluding carboxylic acids is 2. The second kappa shape index (κ2) is 10.1. The second-order valence-corrected chi connectivity index (χ2v) is 8.81. The van der Waals surface area contributed by atoms with E-state index in [0.717, 1.165) is 24.0 Å². The number of fused-ring (bicyclic) bond motifs is 3. The van der Waals surface area contributed by atoms with E-state index in [2.05, 4.69) is 34.9 Å². The van der Waals surface area contributed by atoms with Crippen molar-refractivity contribution >= 4 is 18.0 Å². The first-order valence-corrected chi connectivity index (χ1v) is 11.6. The van der Waals surface area contributed by atoms with Gasteiger partial charge in [-0.05, 0) is 47.4 Å². The summed E-state index contributed by atoms with van der Waals surface area (Å²) in [6, 6.07) is 15.5. The van der Waals surface area contributed by atoms with E-state index in [1.54, 1.807) is 6.92 Å². The van der Waals surface area contributed by atoms with Gasteiger partial charge in [-0.15, -0.1) is 0 Å². The molecular formula is C26H30N2O5. The standard InChI is InChI=1S/C26H30N2O5/c1-2-23(25(30)31)28-24(29)17-13-7-8-16(17)14-27-26(32)33-15-22-20-11-5-3-9-18(20)19-10-4-6-12-21(19)22/h3-6,9-12,16-17,22-23H,2,7-8,13-15H2,1H3,(H,27,32)(H,28,29)(H,30,31)/t16-,17-,23-/m0/s1. The quantitative estimate of drug-likeness (QED) is 0.565. The number of hydrogen-bond acceptors (Lipinski definition) is 4. The molecule has 0 bridgehead atoms. The molecule has 2 aromatic carbocycles. The maximum Gasteiger partial charge on any atom is 0.407 e. The van der Waals surface area contributed by atoms with E-state index < -0.39 is 18.1 Å². The monoisotopic (exact) mass is 450 g/mol. The SMILES string of the molecule is CC[C@H](NC(=O)[C@H]1CCC[C@H]1CNC(=O)OCC1c2ccccc2-c2ccccc21)C(=O)O. The zero-order chi connectivity index (χ0) is 23.4. The summed E-state index contributed by atoms with van der Waals surface area (Å²) in [7, 11) is 0. The molecule has 3 N–H and O–H groups in total. The van der Waals surface area contributed by atoms with E-state index in [9.17, 15) is 19.5 Å². The molecule has 0 heterocycles. The average Bonchev–Trinajstić information content (AvgIpc) is 3.42. The molecule has 2 aliphatic carbocycles. The third-order valence-electron chi connectivity index (χ3n) is 6.87. The lowest BCUT2D eigenvalue weighted by molar-refractivity contribution is -0.142. The number of alkyl carbamates (subject to hydrolysis) is 1. The van der Waals surface area contributed by atoms with Crippen molar-refractivity contribution in [1.29, 1.82) is 0 Å². The minimum absolute atomic E-state index is 0.00449. The molecule has 3 atom stereocenters. The van der Waals surface area contributed by atoms with Gasteiger partial charge in [-0.1, -0.05) is 61.9 Å². The number of amides is 2. The largest absolute Gasteiger partial charge is 0.480 e. The lowest BCUT2D eigenvalue weighted by Crippen LogP contribution is -2.45. The Morgan fingerprint density at radius 3 is 2.27 bits per heavy atom. The summed E-state index contributed by atoms with van der Waals surface area (Å²) in [5, 5.41) is 14.6. The molecule has 4 rings (SSSR count). The van der Waals surface area contributed by atoms with Crippen LogP contribution < -0.4 is 10.6 Å². The highest BCUT2D eigenvalue weighted by molar-refractivity contribution is 5.85. The molecule has 0 radical (unpaired) electrons. The number of nitrogens with one attached hydrogen (secondary N) is 2. The number of ether oxygens (including phenoxy) is 1. The molecule has 0 unspecified atom stereocenters. The van der Waals surface area contributed by atoms with Gasteiger partial charge < -0.3 is 20.5 Å². The van der Waals surface area contributed by atoms with E-state index in [1.807, 2.05) is 24.3 Å². The van der Waals surface area contributed by atoms with E-state index in [-0.39, 0.29) is 30.3 Å². The predicted octanol–water partition coefficient (Wildman–Crippen LogP) is 3.92. The lowest BCUT2D eigenvalue weighted by atomic mass is 9.94. The molecule has 0 saturated heterocycles. The van der Waals surface area contributed by atoms with Crippen molar-refractivity contribution in [3.05, 3.63) is 59.7 Å². The van der Waals surface area contributed by atoms with Crippen LogP contribution in [0.3, 0.4) is 0 Å². The minimum Gasteiger partial charge on any atom is -0.480 e. The molecule has 0 spiro atoms. The van der Waals surface area contributed by atoms with Gasteiger partial charge in [0.05, 0.1) is 0 Å². The van der Waals surface area contributed by atoms with Crippen molar-refractivity contribution < 1.29 is 24.2 Å². The van der Waals surface area contributed by atoms with Gasteiger partial charge in [-0.3, -0.25) is 4.79 Å². The van der Waals surface area contributed by atoms with Crippen LogP contribution in [0, 0.1) is 11.8 Å². The molecule has 0 aliphatic heterocycles. The van der Waals surface area contributed by atoms with Crippen molar-refractivity contribution in [3.8, 4) is 11.1 Å². The Morgan fingerprint density at radius 2 is 1.67 bits per heavy atom. The highest BCUT2D eigenvalue weighted by Crippen LogP contribution is 2.44. The summed E-state index contributed by atoms with van der Waals surface area (Å²) < 4.78 is 5.58. The molecule has 33 heavy (non-hydrogen) atoms. The topological polar surface area (TPSA) is 105 Å². The van der Waals surface area contributed by atoms with Gasteiger partial charge in [-0.2, -0.15) is 0 Å². The Balaban J connectivity index is 1.31. The summed E-state index contributed by atoms with van der Waals surface area (Å²) in [5.41, 5.74) is 4.66. The molecule has 7 heteroatoms. The first kappa shape index (κ1) is 22.8. The summed E-state index contributed by atoms with van der Waals surface area (Å²) in [4.78, 5) is 36.3. The van der Waals surface area contributed by atoms with Gasteiger partial charge in [0.25, 0.3) is 0 Å². The first-order chi connectivity index (χ1) is 16.0. The van der Waals surface area contributed by atoms with Crippen molar-refractivity contribution in [2.45, 2.75) is 44.6 Å². The number of benzene rings is 2. The summed E-state index contributed by atoms with van der Waals surface area (Å²) in [6.07, 6.45) is 2.21. The number of rotatable bonds is 8. The third kappa shape index (κ3) is 4.87. The third-order valence-corrected chi connectivity index (χ3v) is 6.87. The summed E-state index contributed by atoms with van der Waals surface area (Å²) >= 11 is 0. The maximum absolute atomic E-state index is 12.6. The Hall–Kier alpha value is -3.35. The maximum atomic E-state index is 12.6. The van der Waals surface area contributed by atoms with Crippen LogP contribution in [0.1, 0.15) is 49.7 Å². The summed E-state index contributed by atoms with van der Waals surface area (Å²) in [5.74, 6) is -1.61.